The summed E-state index contributed by atoms with van der Waals surface area (Å²) in [6.45, 7) is 4.85. The standard InChI is InChI=1S/C6H15NO.ClH/c1-4-8-6-5-7(2)3;/h4-6H2,1-3H3;1H. The number of hydrogen-bond acceptors (Lipinski definition) is 1. The van der Waals surface area contributed by atoms with E-state index < -0.39 is 0 Å². The average Bonchev–Trinajstić information content (AvgIpc) is 1.66. The normalized spacial score (nSPS) is 9.33. The van der Waals surface area contributed by atoms with Crippen molar-refractivity contribution < 1.29 is 22.0 Å². The maximum absolute atomic E-state index is 5.12. The van der Waals surface area contributed by atoms with Crippen molar-refractivity contribution in [2.75, 3.05) is 33.9 Å². The van der Waals surface area contributed by atoms with Crippen molar-refractivity contribution in [3.8, 4) is 0 Å². The molecule has 0 saturated heterocycles. The second-order valence-corrected chi connectivity index (χ2v) is 2.15. The molecule has 0 aliphatic carbocycles. The predicted octanol–water partition coefficient (Wildman–Crippen LogP) is -3.83. The maximum Gasteiger partial charge on any atom is 0.100 e. The van der Waals surface area contributed by atoms with Crippen molar-refractivity contribution in [1.82, 2.24) is 0 Å². The lowest BCUT2D eigenvalue weighted by atomic mass is 10.6. The summed E-state index contributed by atoms with van der Waals surface area (Å²) in [5.74, 6) is 0. The Labute approximate surface area is 63.6 Å². The largest absolute Gasteiger partial charge is 1.00 e. The van der Waals surface area contributed by atoms with Gasteiger partial charge in [-0.2, -0.15) is 0 Å². The molecule has 0 aliphatic heterocycles. The topological polar surface area (TPSA) is 13.7 Å². The molecule has 1 N–H and O–H groups in total. The van der Waals surface area contributed by atoms with Gasteiger partial charge in [0.25, 0.3) is 0 Å². The van der Waals surface area contributed by atoms with E-state index in [0.717, 1.165) is 19.8 Å². The van der Waals surface area contributed by atoms with E-state index in [1.807, 2.05) is 6.92 Å². The third kappa shape index (κ3) is 11.7. The summed E-state index contributed by atoms with van der Waals surface area (Å²) in [5, 5.41) is 0. The summed E-state index contributed by atoms with van der Waals surface area (Å²) in [5.41, 5.74) is 0. The highest BCUT2D eigenvalue weighted by molar-refractivity contribution is 4.20. The first-order valence-electron chi connectivity index (χ1n) is 3.14. The van der Waals surface area contributed by atoms with Gasteiger partial charge in [-0.1, -0.05) is 0 Å². The van der Waals surface area contributed by atoms with Gasteiger partial charge in [0.2, 0.25) is 0 Å². The van der Waals surface area contributed by atoms with Crippen LogP contribution in [0.2, 0.25) is 0 Å². The molecule has 0 aromatic heterocycles. The van der Waals surface area contributed by atoms with E-state index in [0.29, 0.717) is 0 Å². The lowest BCUT2D eigenvalue weighted by Gasteiger charge is -2.05. The summed E-state index contributed by atoms with van der Waals surface area (Å²) in [7, 11) is 4.25. The molecule has 0 spiro atoms. The number of hydrogen-bond donors (Lipinski definition) is 1. The van der Waals surface area contributed by atoms with E-state index in [9.17, 15) is 0 Å². The summed E-state index contributed by atoms with van der Waals surface area (Å²) >= 11 is 0. The fraction of sp³-hybridized carbons (Fsp3) is 1.00. The number of likely N-dealkylation sites (N-methyl/N-ethyl adjacent to an activating group) is 1. The van der Waals surface area contributed by atoms with Crippen molar-refractivity contribution in [3.63, 3.8) is 0 Å². The van der Waals surface area contributed by atoms with Crippen molar-refractivity contribution in [3.05, 3.63) is 0 Å². The van der Waals surface area contributed by atoms with E-state index in [1.165, 1.54) is 4.90 Å². The highest BCUT2D eigenvalue weighted by atomic mass is 35.5. The summed E-state index contributed by atoms with van der Waals surface area (Å²) in [6, 6.07) is 0. The Balaban J connectivity index is 0. The molecule has 0 rings (SSSR count). The minimum absolute atomic E-state index is 0. The molecule has 0 heterocycles. The minimum Gasteiger partial charge on any atom is -1.00 e. The Hall–Kier alpha value is 0.210. The Morgan fingerprint density at radius 1 is 1.33 bits per heavy atom. The molecule has 0 aliphatic rings. The monoisotopic (exact) mass is 153 g/mol. The SMILES string of the molecule is CCOCC[NH+](C)C.[Cl-]. The molecule has 0 fully saturated rings. The number of rotatable bonds is 4. The third-order valence-corrected chi connectivity index (χ3v) is 0.951. The second-order valence-electron chi connectivity index (χ2n) is 2.15. The molecule has 0 bridgehead atoms. The van der Waals surface area contributed by atoms with Gasteiger partial charge in [0.1, 0.15) is 6.54 Å². The molecular formula is C6H16ClNO. The van der Waals surface area contributed by atoms with Crippen LogP contribution in [0.15, 0.2) is 0 Å². The van der Waals surface area contributed by atoms with Crippen LogP contribution >= 0.6 is 0 Å². The first kappa shape index (κ1) is 11.9. The van der Waals surface area contributed by atoms with Crippen LogP contribution in [0, 0.1) is 0 Å². The van der Waals surface area contributed by atoms with E-state index >= 15 is 0 Å². The van der Waals surface area contributed by atoms with Crippen LogP contribution < -0.4 is 17.3 Å². The van der Waals surface area contributed by atoms with Crippen LogP contribution in [0.1, 0.15) is 6.92 Å². The number of quaternary nitrogens is 1. The molecule has 0 aromatic rings. The highest BCUT2D eigenvalue weighted by Gasteiger charge is 1.89. The van der Waals surface area contributed by atoms with Gasteiger partial charge in [0, 0.05) is 6.61 Å². The smallest absolute Gasteiger partial charge is 0.100 e. The van der Waals surface area contributed by atoms with Crippen LogP contribution in [0.5, 0.6) is 0 Å². The Morgan fingerprint density at radius 2 is 1.89 bits per heavy atom. The predicted molar refractivity (Wildman–Crippen MR) is 34.2 cm³/mol. The fourth-order valence-electron chi connectivity index (χ4n) is 0.421. The van der Waals surface area contributed by atoms with Crippen LogP contribution in [-0.2, 0) is 4.74 Å². The Kier molecular flexibility index (Phi) is 10.9. The number of nitrogens with one attached hydrogen (secondary N) is 1. The van der Waals surface area contributed by atoms with Crippen LogP contribution in [-0.4, -0.2) is 33.9 Å². The molecule has 9 heavy (non-hydrogen) atoms. The molecule has 0 atom stereocenters. The summed E-state index contributed by atoms with van der Waals surface area (Å²) in [6.07, 6.45) is 0. The quantitative estimate of drug-likeness (QED) is 0.409. The van der Waals surface area contributed by atoms with Gasteiger partial charge in [0.05, 0.1) is 20.7 Å². The van der Waals surface area contributed by atoms with E-state index in [-0.39, 0.29) is 12.4 Å². The third-order valence-electron chi connectivity index (χ3n) is 0.951. The second kappa shape index (κ2) is 8.21. The van der Waals surface area contributed by atoms with E-state index in [2.05, 4.69) is 14.1 Å². The van der Waals surface area contributed by atoms with Gasteiger partial charge in [-0.3, -0.25) is 0 Å². The molecular weight excluding hydrogens is 138 g/mol. The maximum atomic E-state index is 5.12. The van der Waals surface area contributed by atoms with Crippen LogP contribution in [0.4, 0.5) is 0 Å². The zero-order valence-electron chi connectivity index (χ0n) is 6.41. The summed E-state index contributed by atoms with van der Waals surface area (Å²) < 4.78 is 5.12. The zero-order chi connectivity index (χ0) is 6.41. The Bertz CT molecular complexity index is 50.3. The molecule has 0 radical (unpaired) electrons. The lowest BCUT2D eigenvalue weighted by Crippen LogP contribution is -3.06. The number of halogens is 1. The van der Waals surface area contributed by atoms with Crippen molar-refractivity contribution in [1.29, 1.82) is 0 Å². The lowest BCUT2D eigenvalue weighted by molar-refractivity contribution is -0.858. The molecule has 0 amide bonds. The van der Waals surface area contributed by atoms with E-state index in [4.69, 9.17) is 4.74 Å². The van der Waals surface area contributed by atoms with Gasteiger partial charge < -0.3 is 22.0 Å². The fourth-order valence-corrected chi connectivity index (χ4v) is 0.421. The minimum atomic E-state index is 0. The average molecular weight is 154 g/mol. The van der Waals surface area contributed by atoms with Crippen molar-refractivity contribution in [2.24, 2.45) is 0 Å². The molecule has 58 valence electrons. The zero-order valence-corrected chi connectivity index (χ0v) is 7.16. The van der Waals surface area contributed by atoms with Gasteiger partial charge in [-0.05, 0) is 6.92 Å². The molecule has 0 aromatic carbocycles. The first-order chi connectivity index (χ1) is 3.77. The van der Waals surface area contributed by atoms with Crippen molar-refractivity contribution in [2.45, 2.75) is 6.92 Å². The first-order valence-corrected chi connectivity index (χ1v) is 3.14. The summed E-state index contributed by atoms with van der Waals surface area (Å²) in [4.78, 5) is 1.44. The van der Waals surface area contributed by atoms with Gasteiger partial charge in [-0.25, -0.2) is 0 Å². The van der Waals surface area contributed by atoms with Crippen LogP contribution in [0.25, 0.3) is 0 Å². The van der Waals surface area contributed by atoms with Gasteiger partial charge >= 0.3 is 0 Å². The Morgan fingerprint density at radius 3 is 2.22 bits per heavy atom. The molecule has 3 heteroatoms. The van der Waals surface area contributed by atoms with Crippen molar-refractivity contribution >= 4 is 0 Å². The number of ether oxygens (including phenoxy) is 1. The van der Waals surface area contributed by atoms with Crippen LogP contribution in [0.3, 0.4) is 0 Å². The molecule has 0 unspecified atom stereocenters. The molecule has 2 nitrogen and oxygen atoms in total. The highest BCUT2D eigenvalue weighted by Crippen LogP contribution is 1.65. The van der Waals surface area contributed by atoms with Gasteiger partial charge in [-0.15, -0.1) is 0 Å². The van der Waals surface area contributed by atoms with E-state index in [1.54, 1.807) is 0 Å². The molecule has 0 saturated carbocycles. The van der Waals surface area contributed by atoms with Gasteiger partial charge in [0.15, 0.2) is 0 Å².